The first-order valence-corrected chi connectivity index (χ1v) is 6.33. The Morgan fingerprint density at radius 2 is 1.11 bits per heavy atom. The van der Waals surface area contributed by atoms with Crippen LogP contribution in [0, 0.1) is 0 Å². The molecule has 27 heavy (non-hydrogen) atoms. The van der Waals surface area contributed by atoms with E-state index >= 15 is 0 Å². The molecule has 0 aromatic heterocycles. The summed E-state index contributed by atoms with van der Waals surface area (Å²) >= 11 is 0. The highest BCUT2D eigenvalue weighted by molar-refractivity contribution is 5.76. The predicted molar refractivity (Wildman–Crippen MR) is 56.8 cm³/mol. The van der Waals surface area contributed by atoms with E-state index in [-0.39, 0.29) is 0 Å². The molecule has 0 radical (unpaired) electrons. The zero-order valence-corrected chi connectivity index (χ0v) is 12.6. The Morgan fingerprint density at radius 1 is 0.741 bits per heavy atom. The third-order valence-corrected chi connectivity index (χ3v) is 2.73. The number of rotatable bonds is 7. The van der Waals surface area contributed by atoms with Gasteiger partial charge in [0.15, 0.2) is 0 Å². The van der Waals surface area contributed by atoms with Crippen LogP contribution >= 0.6 is 0 Å². The van der Waals surface area contributed by atoms with Gasteiger partial charge in [0.1, 0.15) is 0 Å². The van der Waals surface area contributed by atoms with Gasteiger partial charge < -0.3 is 0 Å². The zero-order chi connectivity index (χ0) is 22.3. The highest BCUT2D eigenvalue weighted by atomic mass is 19.4. The number of amides is 1. The number of nitrogens with one attached hydrogen (secondary N) is 1. The molecular weight excluding hydrogens is 430 g/mol. The number of nitrogens with zero attached hydrogens (tertiary/aromatic N) is 1. The normalized spacial score (nSPS) is 15.1. The molecule has 0 atom stereocenters. The van der Waals surface area contributed by atoms with E-state index in [2.05, 4.69) is 0 Å². The lowest BCUT2D eigenvalue weighted by atomic mass is 10.2. The minimum atomic E-state index is -7.29. The summed E-state index contributed by atoms with van der Waals surface area (Å²) in [7, 11) is 0. The molecule has 0 aromatic carbocycles. The Morgan fingerprint density at radius 3 is 1.41 bits per heavy atom. The van der Waals surface area contributed by atoms with E-state index in [4.69, 9.17) is 0 Å². The van der Waals surface area contributed by atoms with Gasteiger partial charge in [0.25, 0.3) is 0 Å². The van der Waals surface area contributed by atoms with Crippen LogP contribution in [0.3, 0.4) is 0 Å². The molecule has 0 unspecified atom stereocenters. The molecule has 1 N–H and O–H groups in total. The molecule has 0 saturated heterocycles. The summed E-state index contributed by atoms with van der Waals surface area (Å²) in [6.07, 6.45) is -16.5. The molecule has 17 heteroatoms. The van der Waals surface area contributed by atoms with Gasteiger partial charge in [0.2, 0.25) is 5.91 Å². The van der Waals surface area contributed by atoms with Gasteiger partial charge in [-0.1, -0.05) is 6.92 Å². The fourth-order valence-corrected chi connectivity index (χ4v) is 1.31. The molecule has 0 aliphatic heterocycles. The molecule has 0 aliphatic carbocycles. The Kier molecular flexibility index (Phi) is 6.71. The Labute approximate surface area is 140 Å². The molecule has 0 rings (SSSR count). The van der Waals surface area contributed by atoms with Crippen molar-refractivity contribution in [2.75, 3.05) is 0 Å². The number of carbonyl (C=O) groups excluding carboxylic acids is 1. The first-order chi connectivity index (χ1) is 11.6. The Balaban J connectivity index is 6.29. The van der Waals surface area contributed by atoms with Crippen LogP contribution in [-0.2, 0) is 4.79 Å². The molecule has 0 saturated carbocycles. The van der Waals surface area contributed by atoms with Crippen molar-refractivity contribution < 1.29 is 66.3 Å². The predicted octanol–water partition coefficient (Wildman–Crippen LogP) is 4.70. The van der Waals surface area contributed by atoms with E-state index in [1.807, 2.05) is 0 Å². The van der Waals surface area contributed by atoms with Crippen molar-refractivity contribution in [2.24, 2.45) is 0 Å². The average Bonchev–Trinajstić information content (AvgIpc) is 2.41. The SMILES string of the molecule is CCCC(=O)N(NC(F)(F)C(F)(F)C(F)(F)F)C(F)(F)C(F)(F)C(F)(F)F. The lowest BCUT2D eigenvalue weighted by Crippen LogP contribution is -2.72. The van der Waals surface area contributed by atoms with Gasteiger partial charge in [0, 0.05) is 6.42 Å². The summed E-state index contributed by atoms with van der Waals surface area (Å²) in [5.74, 6) is -17.3. The number of alkyl halides is 14. The monoisotopic (exact) mass is 438 g/mol. The lowest BCUT2D eigenvalue weighted by Gasteiger charge is -2.39. The average molecular weight is 438 g/mol. The molecule has 0 aliphatic rings. The van der Waals surface area contributed by atoms with Crippen LogP contribution in [0.1, 0.15) is 19.8 Å². The highest BCUT2D eigenvalue weighted by Crippen LogP contribution is 2.50. The highest BCUT2D eigenvalue weighted by Gasteiger charge is 2.79. The summed E-state index contributed by atoms with van der Waals surface area (Å²) in [6, 6.07) is -13.9. The summed E-state index contributed by atoms with van der Waals surface area (Å²) < 4.78 is 177. The molecular formula is C10H8F14N2O. The Bertz CT molecular complexity index is 537. The minimum absolute atomic E-state index is 0.661. The van der Waals surface area contributed by atoms with E-state index in [0.717, 1.165) is 6.92 Å². The van der Waals surface area contributed by atoms with Crippen molar-refractivity contribution in [1.29, 1.82) is 0 Å². The van der Waals surface area contributed by atoms with Crippen molar-refractivity contribution in [3.63, 3.8) is 0 Å². The molecule has 0 bridgehead atoms. The number of hydrogen-bond donors (Lipinski definition) is 1. The zero-order valence-electron chi connectivity index (χ0n) is 12.6. The van der Waals surface area contributed by atoms with Crippen molar-refractivity contribution in [3.8, 4) is 0 Å². The van der Waals surface area contributed by atoms with Crippen molar-refractivity contribution in [1.82, 2.24) is 10.4 Å². The van der Waals surface area contributed by atoms with E-state index in [1.54, 1.807) is 0 Å². The standard InChI is InChI=1S/C10H8F14N2O/c1-2-3-4(27)26(10(23,24)6(13,14)8(18,19)20)25-9(21,22)5(11,12)7(15,16)17/h25H,2-3H2,1H3. The molecule has 0 fully saturated rings. The van der Waals surface area contributed by atoms with Gasteiger partial charge in [-0.3, -0.25) is 4.79 Å². The van der Waals surface area contributed by atoms with Crippen LogP contribution < -0.4 is 5.43 Å². The van der Waals surface area contributed by atoms with Crippen molar-refractivity contribution in [3.05, 3.63) is 0 Å². The summed E-state index contributed by atoms with van der Waals surface area (Å²) in [5, 5.41) is -2.57. The number of hydrogen-bond acceptors (Lipinski definition) is 2. The van der Waals surface area contributed by atoms with Gasteiger partial charge >= 0.3 is 36.3 Å². The van der Waals surface area contributed by atoms with Gasteiger partial charge in [-0.05, 0) is 6.42 Å². The smallest absolute Gasteiger partial charge is 0.273 e. The van der Waals surface area contributed by atoms with E-state index in [1.165, 1.54) is 0 Å². The van der Waals surface area contributed by atoms with E-state index in [0.29, 0.717) is 0 Å². The van der Waals surface area contributed by atoms with E-state index in [9.17, 15) is 66.3 Å². The van der Waals surface area contributed by atoms with Crippen LogP contribution in [0.25, 0.3) is 0 Å². The topological polar surface area (TPSA) is 32.3 Å². The van der Waals surface area contributed by atoms with Gasteiger partial charge in [-0.15, -0.1) is 0 Å². The third kappa shape index (κ3) is 4.48. The number of hydrazine groups is 1. The van der Waals surface area contributed by atoms with Gasteiger partial charge in [0.05, 0.1) is 0 Å². The van der Waals surface area contributed by atoms with Gasteiger partial charge in [-0.2, -0.15) is 66.9 Å². The molecule has 162 valence electrons. The fraction of sp³-hybridized carbons (Fsp3) is 0.900. The summed E-state index contributed by atoms with van der Waals surface area (Å²) in [6.45, 7) is 0.901. The molecule has 0 spiro atoms. The maximum atomic E-state index is 13.5. The molecule has 0 heterocycles. The van der Waals surface area contributed by atoms with Crippen molar-refractivity contribution in [2.45, 2.75) is 56.1 Å². The second-order valence-electron chi connectivity index (χ2n) is 4.85. The van der Waals surface area contributed by atoms with Crippen LogP contribution in [0.4, 0.5) is 61.5 Å². The van der Waals surface area contributed by atoms with Crippen LogP contribution in [0.15, 0.2) is 0 Å². The maximum Gasteiger partial charge on any atom is 0.462 e. The molecule has 1 amide bonds. The second-order valence-corrected chi connectivity index (χ2v) is 4.85. The Hall–Kier alpha value is -1.55. The maximum absolute atomic E-state index is 13.5. The minimum Gasteiger partial charge on any atom is -0.273 e. The van der Waals surface area contributed by atoms with Crippen LogP contribution in [0.2, 0.25) is 0 Å². The summed E-state index contributed by atoms with van der Waals surface area (Å²) in [5.41, 5.74) is -0.806. The molecule has 3 nitrogen and oxygen atoms in total. The van der Waals surface area contributed by atoms with Crippen molar-refractivity contribution >= 4 is 5.91 Å². The lowest BCUT2D eigenvalue weighted by molar-refractivity contribution is -0.412. The van der Waals surface area contributed by atoms with E-state index < -0.39 is 65.5 Å². The quantitative estimate of drug-likeness (QED) is 0.355. The fourth-order valence-electron chi connectivity index (χ4n) is 1.31. The first-order valence-electron chi connectivity index (χ1n) is 6.33. The molecule has 0 aromatic rings. The first kappa shape index (κ1) is 25.4. The number of halogens is 14. The van der Waals surface area contributed by atoms with Crippen LogP contribution in [0.5, 0.6) is 0 Å². The number of carbonyl (C=O) groups is 1. The second kappa shape index (κ2) is 7.12. The van der Waals surface area contributed by atoms with Crippen LogP contribution in [-0.4, -0.2) is 47.2 Å². The summed E-state index contributed by atoms with van der Waals surface area (Å²) in [4.78, 5) is 11.2. The largest absolute Gasteiger partial charge is 0.462 e. The van der Waals surface area contributed by atoms with Gasteiger partial charge in [-0.25, -0.2) is 5.01 Å². The third-order valence-electron chi connectivity index (χ3n) is 2.73.